The van der Waals surface area contributed by atoms with E-state index in [-0.39, 0.29) is 6.10 Å². The third kappa shape index (κ3) is 3.07. The summed E-state index contributed by atoms with van der Waals surface area (Å²) in [5.74, 6) is 0.268. The number of benzene rings is 1. The molecule has 0 bridgehead atoms. The van der Waals surface area contributed by atoms with Crippen molar-refractivity contribution < 1.29 is 18.7 Å². The number of hydrogen-bond acceptors (Lipinski definition) is 5. The molecule has 3 rings (SSSR count). The van der Waals surface area contributed by atoms with Crippen molar-refractivity contribution in [1.82, 2.24) is 0 Å². The van der Waals surface area contributed by atoms with Gasteiger partial charge in [0, 0.05) is 29.5 Å². The number of hydrogen-bond donors (Lipinski definition) is 0. The lowest BCUT2D eigenvalue weighted by Gasteiger charge is -2.30. The van der Waals surface area contributed by atoms with Gasteiger partial charge in [-0.3, -0.25) is 0 Å². The predicted molar refractivity (Wildman–Crippen MR) is 90.2 cm³/mol. The van der Waals surface area contributed by atoms with E-state index >= 15 is 0 Å². The van der Waals surface area contributed by atoms with Gasteiger partial charge in [-0.15, -0.1) is 0 Å². The average molecular weight is 328 g/mol. The summed E-state index contributed by atoms with van der Waals surface area (Å²) in [4.78, 5) is 23.5. The first-order chi connectivity index (χ1) is 11.3. The molecule has 0 amide bonds. The van der Waals surface area contributed by atoms with E-state index in [0.29, 0.717) is 17.8 Å². The molecule has 1 aromatic heterocycles. The summed E-state index contributed by atoms with van der Waals surface area (Å²) >= 11 is 0. The molecule has 2 heterocycles. The maximum absolute atomic E-state index is 11.9. The molecule has 5 nitrogen and oxygen atoms in total. The number of ether oxygens (including phenoxy) is 2. The van der Waals surface area contributed by atoms with E-state index in [1.54, 1.807) is 6.07 Å². The molecular formula is C19H20O5. The number of fused-ring (bicyclic) bond motifs is 3. The van der Waals surface area contributed by atoms with E-state index in [0.717, 1.165) is 16.5 Å². The second-order valence-corrected chi connectivity index (χ2v) is 6.77. The van der Waals surface area contributed by atoms with E-state index in [2.05, 4.69) is 0 Å². The maximum atomic E-state index is 11.9. The molecule has 1 aliphatic heterocycles. The standard InChI is InChI=1S/C19H20O5/c1-11(2)9-17(21)24-19(3,4)15-10-13-14(22-15)7-5-12-6-8-16(20)23-18(12)13/h5-9,15H,10H2,1-4H3/t15-/m0/s1. The van der Waals surface area contributed by atoms with Gasteiger partial charge < -0.3 is 13.9 Å². The Hall–Kier alpha value is -2.56. The van der Waals surface area contributed by atoms with Gasteiger partial charge in [-0.25, -0.2) is 9.59 Å². The summed E-state index contributed by atoms with van der Waals surface area (Å²) in [5.41, 5.74) is 1.03. The lowest BCUT2D eigenvalue weighted by atomic mass is 9.96. The summed E-state index contributed by atoms with van der Waals surface area (Å²) in [5, 5.41) is 0.844. The molecule has 0 saturated heterocycles. The zero-order valence-electron chi connectivity index (χ0n) is 14.2. The van der Waals surface area contributed by atoms with Crippen LogP contribution in [0.1, 0.15) is 33.3 Å². The normalized spacial score (nSPS) is 16.4. The summed E-state index contributed by atoms with van der Waals surface area (Å²) in [7, 11) is 0. The largest absolute Gasteiger partial charge is 0.485 e. The Morgan fingerprint density at radius 3 is 2.67 bits per heavy atom. The van der Waals surface area contributed by atoms with Gasteiger partial charge in [0.2, 0.25) is 0 Å². The Balaban J connectivity index is 1.89. The third-order valence-corrected chi connectivity index (χ3v) is 4.05. The Bertz CT molecular complexity index is 884. The minimum absolute atomic E-state index is 0.349. The van der Waals surface area contributed by atoms with Gasteiger partial charge in [0.25, 0.3) is 0 Å². The molecule has 2 aromatic rings. The van der Waals surface area contributed by atoms with Gasteiger partial charge in [-0.2, -0.15) is 0 Å². The average Bonchev–Trinajstić information content (AvgIpc) is 2.91. The van der Waals surface area contributed by atoms with Crippen LogP contribution in [0.2, 0.25) is 0 Å². The molecule has 1 atom stereocenters. The second-order valence-electron chi connectivity index (χ2n) is 6.77. The predicted octanol–water partition coefficient (Wildman–Crippen LogP) is 3.38. The molecule has 0 spiro atoms. The third-order valence-electron chi connectivity index (χ3n) is 4.05. The topological polar surface area (TPSA) is 65.7 Å². The quantitative estimate of drug-likeness (QED) is 0.491. The lowest BCUT2D eigenvalue weighted by Crippen LogP contribution is -2.43. The maximum Gasteiger partial charge on any atom is 0.336 e. The fourth-order valence-electron chi connectivity index (χ4n) is 2.83. The highest BCUT2D eigenvalue weighted by Crippen LogP contribution is 2.38. The Morgan fingerprint density at radius 1 is 1.25 bits per heavy atom. The summed E-state index contributed by atoms with van der Waals surface area (Å²) in [6.45, 7) is 7.31. The summed E-state index contributed by atoms with van der Waals surface area (Å²) in [6, 6.07) is 6.83. The summed E-state index contributed by atoms with van der Waals surface area (Å²) < 4.78 is 16.9. The molecule has 1 aromatic carbocycles. The highest BCUT2D eigenvalue weighted by molar-refractivity contribution is 5.84. The number of carbonyl (C=O) groups excluding carboxylic acids is 1. The Labute approximate surface area is 139 Å². The van der Waals surface area contributed by atoms with Crippen molar-refractivity contribution in [2.75, 3.05) is 0 Å². The van der Waals surface area contributed by atoms with Gasteiger partial charge in [0.1, 0.15) is 23.0 Å². The zero-order valence-corrected chi connectivity index (χ0v) is 14.2. The van der Waals surface area contributed by atoms with Crippen LogP contribution >= 0.6 is 0 Å². The molecule has 1 aliphatic rings. The highest BCUT2D eigenvalue weighted by atomic mass is 16.6. The van der Waals surface area contributed by atoms with Crippen LogP contribution in [0.3, 0.4) is 0 Å². The van der Waals surface area contributed by atoms with Crippen LogP contribution in [0.15, 0.2) is 45.1 Å². The lowest BCUT2D eigenvalue weighted by molar-refractivity contribution is -0.158. The number of allylic oxidation sites excluding steroid dienone is 1. The fourth-order valence-corrected chi connectivity index (χ4v) is 2.83. The highest BCUT2D eigenvalue weighted by Gasteiger charge is 2.40. The van der Waals surface area contributed by atoms with Gasteiger partial charge in [-0.05, 0) is 45.9 Å². The SMILES string of the molecule is CC(C)=CC(=O)OC(C)(C)[C@@H]1Cc2c(ccc3ccc(=O)oc23)O1. The van der Waals surface area contributed by atoms with Gasteiger partial charge in [0.15, 0.2) is 0 Å². The van der Waals surface area contributed by atoms with Crippen molar-refractivity contribution in [3.8, 4) is 5.75 Å². The van der Waals surface area contributed by atoms with E-state index < -0.39 is 17.2 Å². The molecule has 0 aliphatic carbocycles. The molecule has 24 heavy (non-hydrogen) atoms. The van der Waals surface area contributed by atoms with Crippen molar-refractivity contribution in [3.05, 3.63) is 51.9 Å². The molecule has 126 valence electrons. The molecule has 0 fully saturated rings. The first-order valence-electron chi connectivity index (χ1n) is 7.86. The van der Waals surface area contributed by atoms with E-state index in [4.69, 9.17) is 13.9 Å². The van der Waals surface area contributed by atoms with Crippen molar-refractivity contribution in [3.63, 3.8) is 0 Å². The molecule has 0 unspecified atom stereocenters. The minimum atomic E-state index is -0.816. The van der Waals surface area contributed by atoms with E-state index in [1.807, 2.05) is 39.8 Å². The van der Waals surface area contributed by atoms with Crippen LogP contribution in [0, 0.1) is 0 Å². The first-order valence-corrected chi connectivity index (χ1v) is 7.86. The van der Waals surface area contributed by atoms with Crippen molar-refractivity contribution in [1.29, 1.82) is 0 Å². The zero-order chi connectivity index (χ0) is 17.5. The minimum Gasteiger partial charge on any atom is -0.485 e. The smallest absolute Gasteiger partial charge is 0.336 e. The van der Waals surface area contributed by atoms with Gasteiger partial charge >= 0.3 is 11.6 Å². The summed E-state index contributed by atoms with van der Waals surface area (Å²) in [6.07, 6.45) is 1.62. The molecule has 5 heteroatoms. The van der Waals surface area contributed by atoms with Crippen molar-refractivity contribution in [2.45, 2.75) is 45.8 Å². The van der Waals surface area contributed by atoms with Crippen LogP contribution < -0.4 is 10.4 Å². The van der Waals surface area contributed by atoms with Crippen molar-refractivity contribution >= 4 is 16.9 Å². The van der Waals surface area contributed by atoms with Crippen LogP contribution in [-0.2, 0) is 16.0 Å². The fraction of sp³-hybridized carbons (Fsp3) is 0.368. The Morgan fingerprint density at radius 2 is 1.96 bits per heavy atom. The number of rotatable bonds is 3. The van der Waals surface area contributed by atoms with Crippen LogP contribution in [-0.4, -0.2) is 17.7 Å². The molecule has 0 N–H and O–H groups in total. The molecule has 0 saturated carbocycles. The van der Waals surface area contributed by atoms with Crippen LogP contribution in [0.25, 0.3) is 11.0 Å². The monoisotopic (exact) mass is 328 g/mol. The molecule has 0 radical (unpaired) electrons. The van der Waals surface area contributed by atoms with E-state index in [9.17, 15) is 9.59 Å². The van der Waals surface area contributed by atoms with Gasteiger partial charge in [-0.1, -0.05) is 5.57 Å². The Kier molecular flexibility index (Phi) is 3.95. The van der Waals surface area contributed by atoms with Crippen LogP contribution in [0.4, 0.5) is 0 Å². The number of carbonyl (C=O) groups is 1. The first kappa shape index (κ1) is 16.3. The van der Waals surface area contributed by atoms with Gasteiger partial charge in [0.05, 0.1) is 0 Å². The number of esters is 1. The molecular weight excluding hydrogens is 308 g/mol. The van der Waals surface area contributed by atoms with E-state index in [1.165, 1.54) is 12.1 Å². The van der Waals surface area contributed by atoms with Crippen molar-refractivity contribution in [2.24, 2.45) is 0 Å². The van der Waals surface area contributed by atoms with Crippen LogP contribution in [0.5, 0.6) is 5.75 Å². The second kappa shape index (κ2) is 5.82.